The van der Waals surface area contributed by atoms with Gasteiger partial charge in [-0.1, -0.05) is 109 Å². The van der Waals surface area contributed by atoms with Gasteiger partial charge in [0.15, 0.2) is 0 Å². The van der Waals surface area contributed by atoms with Gasteiger partial charge in [0.2, 0.25) is 0 Å². The molecule has 0 fully saturated rings. The quantitative estimate of drug-likeness (QED) is 0.184. The minimum atomic E-state index is 1.03. The number of hydrogen-bond acceptors (Lipinski definition) is 3. The van der Waals surface area contributed by atoms with Gasteiger partial charge in [0.25, 0.3) is 0 Å². The van der Waals surface area contributed by atoms with Crippen molar-refractivity contribution in [1.29, 1.82) is 0 Å². The topological polar surface area (TPSA) is 16.1 Å². The lowest BCUT2D eigenvalue weighted by Gasteiger charge is -2.26. The second kappa shape index (κ2) is 11.7. The summed E-state index contributed by atoms with van der Waals surface area (Å²) in [4.78, 5) is 7.00. The number of benzene rings is 8. The van der Waals surface area contributed by atoms with E-state index in [0.717, 1.165) is 22.6 Å². The fraction of sp³-hybridized carbons (Fsp3) is 0. The van der Waals surface area contributed by atoms with E-state index in [-0.39, 0.29) is 0 Å². The van der Waals surface area contributed by atoms with Crippen LogP contribution >= 0.6 is 11.3 Å². The van der Waals surface area contributed by atoms with Crippen LogP contribution in [0.1, 0.15) is 0 Å². The first kappa shape index (κ1) is 28.7. The van der Waals surface area contributed by atoms with E-state index in [2.05, 4.69) is 180 Å². The first-order chi connectivity index (χ1) is 24.7. The highest BCUT2D eigenvalue weighted by Crippen LogP contribution is 2.42. The molecular weight excluding hydrogens is 625 g/mol. The van der Waals surface area contributed by atoms with Gasteiger partial charge in [-0.05, 0) is 111 Å². The van der Waals surface area contributed by atoms with Crippen molar-refractivity contribution >= 4 is 81.0 Å². The molecule has 8 aromatic carbocycles. The first-order valence-corrected chi connectivity index (χ1v) is 17.7. The molecule has 0 saturated heterocycles. The van der Waals surface area contributed by atoms with Gasteiger partial charge >= 0.3 is 0 Å². The third-order valence-corrected chi connectivity index (χ3v) is 11.0. The summed E-state index contributed by atoms with van der Waals surface area (Å²) in [6.45, 7) is 0. The third-order valence-electron chi connectivity index (χ3n) is 9.85. The van der Waals surface area contributed by atoms with Crippen molar-refractivity contribution in [3.63, 3.8) is 0 Å². The Balaban J connectivity index is 1.08. The molecule has 0 amide bonds. The molecule has 0 radical (unpaired) electrons. The molecule has 10 aromatic rings. The minimum absolute atomic E-state index is 1.03. The third kappa shape index (κ3) is 4.99. The molecule has 10 rings (SSSR count). The SMILES string of the molecule is c1ccc2cc(-c3ccc(N(c4ccc(-c5ccc6ccccc6c5)cc4)c4ccc5c(c4)sc4cc6cccnc6cc45)cc3)ccc2c1. The van der Waals surface area contributed by atoms with Gasteiger partial charge in [0.05, 0.1) is 5.52 Å². The van der Waals surface area contributed by atoms with Crippen LogP contribution in [0.25, 0.3) is 74.9 Å². The lowest BCUT2D eigenvalue weighted by Crippen LogP contribution is -2.09. The van der Waals surface area contributed by atoms with Crippen molar-refractivity contribution in [2.75, 3.05) is 4.90 Å². The van der Waals surface area contributed by atoms with Crippen molar-refractivity contribution in [3.05, 3.63) is 182 Å². The second-order valence-corrected chi connectivity index (χ2v) is 14.0. The normalized spacial score (nSPS) is 11.6. The molecular formula is C47H30N2S. The van der Waals surface area contributed by atoms with E-state index in [0.29, 0.717) is 0 Å². The van der Waals surface area contributed by atoms with E-state index >= 15 is 0 Å². The summed E-state index contributed by atoms with van der Waals surface area (Å²) in [5.74, 6) is 0. The molecule has 0 aliphatic heterocycles. The molecule has 0 N–H and O–H groups in total. The van der Waals surface area contributed by atoms with Crippen LogP contribution in [0.3, 0.4) is 0 Å². The molecule has 0 aliphatic rings. The summed E-state index contributed by atoms with van der Waals surface area (Å²) < 4.78 is 2.54. The molecule has 0 aliphatic carbocycles. The van der Waals surface area contributed by atoms with E-state index in [9.17, 15) is 0 Å². The van der Waals surface area contributed by atoms with E-state index in [1.165, 1.54) is 69.4 Å². The van der Waals surface area contributed by atoms with Gasteiger partial charge in [0, 0.05) is 48.8 Å². The zero-order valence-corrected chi connectivity index (χ0v) is 27.9. The highest BCUT2D eigenvalue weighted by atomic mass is 32.1. The van der Waals surface area contributed by atoms with E-state index in [1.807, 2.05) is 23.6 Å². The maximum Gasteiger partial charge on any atom is 0.0709 e. The van der Waals surface area contributed by atoms with Crippen LogP contribution in [-0.2, 0) is 0 Å². The summed E-state index contributed by atoms with van der Waals surface area (Å²) >= 11 is 1.85. The Kier molecular flexibility index (Phi) is 6.71. The van der Waals surface area contributed by atoms with Crippen molar-refractivity contribution in [2.24, 2.45) is 0 Å². The van der Waals surface area contributed by atoms with E-state index in [1.54, 1.807) is 0 Å². The van der Waals surface area contributed by atoms with Gasteiger partial charge < -0.3 is 4.90 Å². The molecule has 2 nitrogen and oxygen atoms in total. The second-order valence-electron chi connectivity index (χ2n) is 12.9. The van der Waals surface area contributed by atoms with Crippen LogP contribution < -0.4 is 4.90 Å². The fourth-order valence-corrected chi connectivity index (χ4v) is 8.43. The Morgan fingerprint density at radius 1 is 0.360 bits per heavy atom. The number of rotatable bonds is 5. The van der Waals surface area contributed by atoms with Crippen LogP contribution in [0, 0.1) is 0 Å². The molecule has 0 atom stereocenters. The predicted molar refractivity (Wildman–Crippen MR) is 215 cm³/mol. The Morgan fingerprint density at radius 3 is 1.50 bits per heavy atom. The maximum absolute atomic E-state index is 4.63. The van der Waals surface area contributed by atoms with Gasteiger partial charge in [-0.15, -0.1) is 11.3 Å². The van der Waals surface area contributed by atoms with E-state index < -0.39 is 0 Å². The highest BCUT2D eigenvalue weighted by molar-refractivity contribution is 7.25. The van der Waals surface area contributed by atoms with Gasteiger partial charge in [-0.3, -0.25) is 4.98 Å². The first-order valence-electron chi connectivity index (χ1n) is 16.9. The molecule has 0 spiro atoms. The molecule has 234 valence electrons. The monoisotopic (exact) mass is 654 g/mol. The highest BCUT2D eigenvalue weighted by Gasteiger charge is 2.16. The fourth-order valence-electron chi connectivity index (χ4n) is 7.26. The van der Waals surface area contributed by atoms with Crippen LogP contribution in [0.15, 0.2) is 182 Å². The van der Waals surface area contributed by atoms with Gasteiger partial charge in [-0.2, -0.15) is 0 Å². The van der Waals surface area contributed by atoms with Crippen molar-refractivity contribution in [3.8, 4) is 22.3 Å². The summed E-state index contributed by atoms with van der Waals surface area (Å²) in [6, 6.07) is 64.0. The number of pyridine rings is 1. The summed E-state index contributed by atoms with van der Waals surface area (Å²) in [5.41, 5.74) is 9.22. The summed E-state index contributed by atoms with van der Waals surface area (Å²) in [6.07, 6.45) is 1.87. The molecule has 0 unspecified atom stereocenters. The number of hydrogen-bond donors (Lipinski definition) is 0. The minimum Gasteiger partial charge on any atom is -0.310 e. The number of anilines is 3. The summed E-state index contributed by atoms with van der Waals surface area (Å²) in [7, 11) is 0. The average molecular weight is 655 g/mol. The van der Waals surface area contributed by atoms with Crippen LogP contribution in [0.5, 0.6) is 0 Å². The zero-order chi connectivity index (χ0) is 33.0. The van der Waals surface area contributed by atoms with Crippen molar-refractivity contribution < 1.29 is 0 Å². The standard InChI is InChI=1S/C47H30N2S/c1-3-8-35-26-37(13-11-31(35)6-1)33-15-19-40(20-16-33)49(41-21-17-34(18-22-41)38-14-12-32-7-2-4-9-36(32)27-38)42-23-24-43-44-30-45-39(10-5-25-48-45)28-46(44)50-47(43)29-42/h1-30H. The van der Waals surface area contributed by atoms with Crippen LogP contribution in [-0.4, -0.2) is 4.98 Å². The Labute approximate surface area is 294 Å². The number of thiophene rings is 1. The number of fused-ring (bicyclic) bond motifs is 6. The van der Waals surface area contributed by atoms with Crippen molar-refractivity contribution in [1.82, 2.24) is 4.98 Å². The average Bonchev–Trinajstić information content (AvgIpc) is 3.53. The molecule has 2 aromatic heterocycles. The van der Waals surface area contributed by atoms with Crippen LogP contribution in [0.2, 0.25) is 0 Å². The van der Waals surface area contributed by atoms with Crippen LogP contribution in [0.4, 0.5) is 17.1 Å². The smallest absolute Gasteiger partial charge is 0.0709 e. The molecule has 2 heterocycles. The zero-order valence-electron chi connectivity index (χ0n) is 27.1. The predicted octanol–water partition coefficient (Wildman–Crippen LogP) is 13.7. The van der Waals surface area contributed by atoms with E-state index in [4.69, 9.17) is 0 Å². The number of aromatic nitrogens is 1. The summed E-state index contributed by atoms with van der Waals surface area (Å²) in [5, 5.41) is 8.71. The Morgan fingerprint density at radius 2 is 0.880 bits per heavy atom. The lowest BCUT2D eigenvalue weighted by molar-refractivity contribution is 1.29. The molecule has 3 heteroatoms. The Bertz CT molecular complexity index is 2750. The van der Waals surface area contributed by atoms with Gasteiger partial charge in [-0.25, -0.2) is 0 Å². The molecule has 50 heavy (non-hydrogen) atoms. The van der Waals surface area contributed by atoms with Crippen molar-refractivity contribution in [2.45, 2.75) is 0 Å². The Hall–Kier alpha value is -6.29. The maximum atomic E-state index is 4.63. The molecule has 0 bridgehead atoms. The largest absolute Gasteiger partial charge is 0.310 e. The lowest BCUT2D eigenvalue weighted by atomic mass is 10.00. The number of nitrogens with zero attached hydrogens (tertiary/aromatic N) is 2. The van der Waals surface area contributed by atoms with Gasteiger partial charge in [0.1, 0.15) is 0 Å². The molecule has 0 saturated carbocycles.